The number of H-pyrrole nitrogens is 1. The maximum atomic E-state index is 11.6. The zero-order chi connectivity index (χ0) is 63.3. The highest BCUT2D eigenvalue weighted by molar-refractivity contribution is 6.22. The second kappa shape index (κ2) is 35.5. The van der Waals surface area contributed by atoms with E-state index >= 15 is 0 Å². The zero-order valence-corrected chi connectivity index (χ0v) is 49.3. The average molecular weight is 1180 g/mol. The molecule has 0 saturated carbocycles. The van der Waals surface area contributed by atoms with Crippen molar-refractivity contribution in [2.24, 2.45) is 0 Å². The molecule has 0 atom stereocenters. The van der Waals surface area contributed by atoms with Gasteiger partial charge in [0.05, 0.1) is 41.9 Å². The van der Waals surface area contributed by atoms with E-state index in [4.69, 9.17) is 4.74 Å². The maximum absolute atomic E-state index is 11.6. The Bertz CT molecular complexity index is 3100. The van der Waals surface area contributed by atoms with Crippen LogP contribution in [0, 0.1) is 0 Å². The maximum Gasteiger partial charge on any atom is 0.416 e. The molecule has 1 N–H and O–H groups in total. The fourth-order valence-electron chi connectivity index (χ4n) is 9.43. The number of rotatable bonds is 8. The van der Waals surface area contributed by atoms with E-state index in [0.717, 1.165) is 126 Å². The second-order valence-electron chi connectivity index (χ2n) is 19.7. The summed E-state index contributed by atoms with van der Waals surface area (Å²) >= 11 is 0. The standard InChI is InChI=1S/C10H10N2O.C10H11NO2.C10H7NO2.C8H13NO.C7H11NO2.C7H11NO.C6H7NO3.C6H9NO/c1-7(2)12-9-6-4-3-5-8(9)11-10(12)13;2*1-2-11-9(12)7-5-3-4-6-8(7)10(11)13;1-2-9-7-5-3-4-6-8(9)10;1-2-7(9)8-3-5-10-6-4-8;1-2-8-6-4-3-5-7(8)9;1-2-5(8)7-3-4-10-6(7)9;1-2-7-5-3-4-6(7)8/h3-6H,1H2,2H3,(H,11,13);2H,1,3-6H2;2-6H,1H2;2H,1,3-7H2;2H,1,3-6H2;2H,1,3-6H2;2H,1,3-4H2;2H,1,3-5H2. The van der Waals surface area contributed by atoms with Crippen molar-refractivity contribution in [3.8, 4) is 0 Å². The summed E-state index contributed by atoms with van der Waals surface area (Å²) < 4.78 is 11.1. The van der Waals surface area contributed by atoms with E-state index in [9.17, 15) is 52.7 Å². The summed E-state index contributed by atoms with van der Waals surface area (Å²) in [5.41, 5.74) is 4.65. The molecule has 0 unspecified atom stereocenters. The molecule has 1 aromatic heterocycles. The molecule has 86 heavy (non-hydrogen) atoms. The van der Waals surface area contributed by atoms with Gasteiger partial charge in [0.1, 0.15) is 6.61 Å². The number of hydrogen-bond acceptors (Lipinski definition) is 13. The second-order valence-corrected chi connectivity index (χ2v) is 19.7. The number of imide groups is 3. The van der Waals surface area contributed by atoms with E-state index in [1.54, 1.807) is 67.0 Å². The molecule has 22 heteroatoms. The number of imidazole rings is 1. The van der Waals surface area contributed by atoms with E-state index in [1.165, 1.54) is 24.9 Å². The van der Waals surface area contributed by atoms with Crippen LogP contribution in [0.2, 0.25) is 0 Å². The van der Waals surface area contributed by atoms with Crippen molar-refractivity contribution in [3.63, 3.8) is 0 Å². The van der Waals surface area contributed by atoms with Crippen LogP contribution in [0.4, 0.5) is 4.79 Å². The number of morpholine rings is 1. The number of amides is 10. The quantitative estimate of drug-likeness (QED) is 0.165. The summed E-state index contributed by atoms with van der Waals surface area (Å²) in [5.74, 6) is -0.648. The number of cyclic esters (lactones) is 1. The largest absolute Gasteiger partial charge is 0.447 e. The molecular weight excluding hydrogens is 1100 g/mol. The first-order valence-corrected chi connectivity index (χ1v) is 28.4. The van der Waals surface area contributed by atoms with Crippen LogP contribution in [0.15, 0.2) is 160 Å². The van der Waals surface area contributed by atoms with Crippen LogP contribution in [-0.2, 0) is 43.0 Å². The number of aromatic amines is 1. The normalized spacial score (nSPS) is 17.6. The van der Waals surface area contributed by atoms with Gasteiger partial charge in [-0.15, -0.1) is 0 Å². The SMILES string of the molecule is C=C(C)n1c(=O)[nH]c2ccccc21.C=CC(=O)N1CCOC1=O.C=CC(=O)N1CCOCC1.C=CN1C(=O)C2=C(CCCC2)C1=O.C=CN1C(=O)c2ccccc2C1=O.C=CN1CCCC1=O.C=CN1CCCCC1=O.C=CN1CCCCCC1=O. The van der Waals surface area contributed by atoms with Gasteiger partial charge in [-0.1, -0.05) is 83.3 Å². The highest BCUT2D eigenvalue weighted by Crippen LogP contribution is 2.33. The number of para-hydroxylation sites is 2. The number of aromatic nitrogens is 2. The summed E-state index contributed by atoms with van der Waals surface area (Å²) in [7, 11) is 0. The van der Waals surface area contributed by atoms with Gasteiger partial charge >= 0.3 is 11.8 Å². The van der Waals surface area contributed by atoms with Crippen LogP contribution in [0.5, 0.6) is 0 Å². The number of nitrogens with zero attached hydrogens (tertiary/aromatic N) is 8. The van der Waals surface area contributed by atoms with Crippen LogP contribution >= 0.6 is 0 Å². The van der Waals surface area contributed by atoms with Crippen LogP contribution < -0.4 is 5.69 Å². The van der Waals surface area contributed by atoms with Gasteiger partial charge in [0, 0.05) is 81.2 Å². The van der Waals surface area contributed by atoms with Gasteiger partial charge in [-0.3, -0.25) is 52.6 Å². The molecule has 5 saturated heterocycles. The molecule has 10 amide bonds. The lowest BCUT2D eigenvalue weighted by Crippen LogP contribution is -2.39. The summed E-state index contributed by atoms with van der Waals surface area (Å²) in [4.78, 5) is 135. The number of hydrogen-bond donors (Lipinski definition) is 1. The smallest absolute Gasteiger partial charge is 0.416 e. The first kappa shape index (κ1) is 68.9. The first-order chi connectivity index (χ1) is 41.3. The lowest BCUT2D eigenvalue weighted by Gasteiger charge is -2.25. The third-order valence-corrected chi connectivity index (χ3v) is 14.0. The molecule has 8 heterocycles. The Balaban J connectivity index is 0.000000212. The minimum atomic E-state index is -0.579. The lowest BCUT2D eigenvalue weighted by molar-refractivity contribution is -0.135. The summed E-state index contributed by atoms with van der Waals surface area (Å²) in [6.07, 6.45) is 21.4. The van der Waals surface area contributed by atoms with E-state index in [0.29, 0.717) is 69.8 Å². The van der Waals surface area contributed by atoms with Crippen LogP contribution in [0.3, 0.4) is 0 Å². The minimum Gasteiger partial charge on any atom is -0.447 e. The van der Waals surface area contributed by atoms with Gasteiger partial charge in [-0.05, 0) is 120 Å². The first-order valence-electron chi connectivity index (χ1n) is 28.4. The number of allylic oxidation sites excluding steroid dienone is 1. The van der Waals surface area contributed by atoms with Crippen molar-refractivity contribution in [3.05, 3.63) is 177 Å². The summed E-state index contributed by atoms with van der Waals surface area (Å²) in [6, 6.07) is 14.3. The molecule has 11 rings (SSSR count). The predicted octanol–water partition coefficient (Wildman–Crippen LogP) is 8.23. The van der Waals surface area contributed by atoms with Gasteiger partial charge in [0.25, 0.3) is 29.5 Å². The molecule has 3 aromatic rings. The van der Waals surface area contributed by atoms with Crippen molar-refractivity contribution in [1.29, 1.82) is 0 Å². The predicted molar refractivity (Wildman–Crippen MR) is 326 cm³/mol. The molecule has 5 fully saturated rings. The average Bonchev–Trinajstić information content (AvgIpc) is 3.82. The third-order valence-electron chi connectivity index (χ3n) is 14.0. The number of fused-ring (bicyclic) bond motifs is 2. The Hall–Kier alpha value is -9.57. The Morgan fingerprint density at radius 1 is 0.488 bits per heavy atom. The topological polar surface area (TPSA) is 250 Å². The minimum absolute atomic E-state index is 0.00306. The molecule has 2 aromatic carbocycles. The van der Waals surface area contributed by atoms with Crippen molar-refractivity contribution in [2.75, 3.05) is 59.1 Å². The Morgan fingerprint density at radius 3 is 1.37 bits per heavy atom. The molecule has 8 aliphatic rings. The Morgan fingerprint density at radius 2 is 0.930 bits per heavy atom. The Labute approximate surface area is 502 Å². The van der Waals surface area contributed by atoms with Crippen LogP contribution in [-0.4, -0.2) is 162 Å². The number of carbonyl (C=O) groups is 10. The van der Waals surface area contributed by atoms with Crippen molar-refractivity contribution in [1.82, 2.24) is 43.9 Å². The van der Waals surface area contributed by atoms with Gasteiger partial charge in [-0.25, -0.2) is 19.4 Å². The van der Waals surface area contributed by atoms with Gasteiger partial charge in [0.15, 0.2) is 0 Å². The molecule has 7 aliphatic heterocycles. The number of benzene rings is 2. The number of piperidine rings is 1. The fraction of sp³-hybridized carbons (Fsp3) is 0.359. The zero-order valence-electron chi connectivity index (χ0n) is 49.3. The molecule has 22 nitrogen and oxygen atoms in total. The van der Waals surface area contributed by atoms with Gasteiger partial charge < -0.3 is 34.1 Å². The van der Waals surface area contributed by atoms with Crippen LogP contribution in [0.1, 0.15) is 111 Å². The van der Waals surface area contributed by atoms with Crippen molar-refractivity contribution < 1.29 is 57.4 Å². The fourth-order valence-corrected chi connectivity index (χ4v) is 9.43. The highest BCUT2D eigenvalue weighted by atomic mass is 16.6. The van der Waals surface area contributed by atoms with E-state index < -0.39 is 12.0 Å². The van der Waals surface area contributed by atoms with E-state index in [2.05, 4.69) is 62.4 Å². The van der Waals surface area contributed by atoms with Gasteiger partial charge in [0.2, 0.25) is 23.6 Å². The number of likely N-dealkylation sites (tertiary alicyclic amines) is 3. The third kappa shape index (κ3) is 19.2. The highest BCUT2D eigenvalue weighted by Gasteiger charge is 2.37. The van der Waals surface area contributed by atoms with E-state index in [-0.39, 0.29) is 52.9 Å². The molecule has 458 valence electrons. The molecular formula is C64H79N9O13. The lowest BCUT2D eigenvalue weighted by atomic mass is 9.93. The summed E-state index contributed by atoms with van der Waals surface area (Å²) in [5, 5.41) is 0. The number of ether oxygens (including phenoxy) is 2. The van der Waals surface area contributed by atoms with Gasteiger partial charge in [-0.2, -0.15) is 0 Å². The Kier molecular flexibility index (Phi) is 28.5. The number of carbonyl (C=O) groups excluding carboxylic acids is 10. The molecule has 0 radical (unpaired) electrons. The van der Waals surface area contributed by atoms with Crippen molar-refractivity contribution >= 4 is 76.0 Å². The van der Waals surface area contributed by atoms with Crippen molar-refractivity contribution in [2.45, 2.75) is 90.4 Å². The number of nitrogens with one attached hydrogen (secondary N) is 1. The summed E-state index contributed by atoms with van der Waals surface area (Å²) in [6.45, 7) is 35.6. The molecule has 1 aliphatic carbocycles. The molecule has 0 spiro atoms. The monoisotopic (exact) mass is 1180 g/mol. The molecule has 0 bridgehead atoms. The van der Waals surface area contributed by atoms with E-state index in [1.807, 2.05) is 31.2 Å². The van der Waals surface area contributed by atoms with Crippen LogP contribution in [0.25, 0.3) is 16.7 Å².